The van der Waals surface area contributed by atoms with Gasteiger partial charge in [0.1, 0.15) is 0 Å². The number of benzene rings is 1. The van der Waals surface area contributed by atoms with Crippen LogP contribution in [0.5, 0.6) is 0 Å². The van der Waals surface area contributed by atoms with Crippen molar-refractivity contribution in [1.82, 2.24) is 0 Å². The molecule has 1 nitrogen and oxygen atoms in total. The Balaban J connectivity index is 3.28. The molecule has 1 aromatic carbocycles. The molecule has 0 saturated carbocycles. The second-order valence-electron chi connectivity index (χ2n) is 2.86. The van der Waals surface area contributed by atoms with Gasteiger partial charge in [0.05, 0.1) is 0 Å². The third kappa shape index (κ3) is 3.03. The van der Waals surface area contributed by atoms with E-state index in [4.69, 9.17) is 46.4 Å². The summed E-state index contributed by atoms with van der Waals surface area (Å²) in [5.41, 5.74) is 1.58. The predicted molar refractivity (Wildman–Crippen MR) is 60.6 cm³/mol. The number of halogens is 4. The van der Waals surface area contributed by atoms with E-state index < -0.39 is 9.03 Å². The Morgan fingerprint density at radius 3 is 2.21 bits per heavy atom. The first-order valence-corrected chi connectivity index (χ1v) is 5.20. The molecule has 0 heterocycles. The molecule has 0 bridgehead atoms. The Kier molecular flexibility index (Phi) is 3.70. The van der Waals surface area contributed by atoms with Crippen molar-refractivity contribution >= 4 is 51.6 Å². The maximum Gasteiger partial charge on any atom is 0.252 e. The van der Waals surface area contributed by atoms with E-state index in [2.05, 4.69) is 0 Å². The van der Waals surface area contributed by atoms with Crippen LogP contribution < -0.4 is 0 Å². The third-order valence-corrected chi connectivity index (χ3v) is 2.50. The minimum Gasteiger partial charge on any atom is -0.276 e. The molecule has 0 fully saturated rings. The molecule has 0 saturated heterocycles. The lowest BCUT2D eigenvalue weighted by atomic mass is 10.1. The second kappa shape index (κ2) is 4.28. The molecule has 14 heavy (non-hydrogen) atoms. The number of rotatable bonds is 1. The quantitative estimate of drug-likeness (QED) is 0.553. The molecule has 0 radical (unpaired) electrons. The molecule has 0 aromatic heterocycles. The standard InChI is InChI=1S/C9H6Cl4O/c1-5-2-6(8(10)14)4-7(3-5)9(11,12)13/h2-4H,1H3. The van der Waals surface area contributed by atoms with Crippen molar-refractivity contribution in [2.45, 2.75) is 10.7 Å². The first kappa shape index (κ1) is 12.1. The van der Waals surface area contributed by atoms with Crippen molar-refractivity contribution in [2.75, 3.05) is 0 Å². The van der Waals surface area contributed by atoms with Gasteiger partial charge in [0, 0.05) is 11.1 Å². The fraction of sp³-hybridized carbons (Fsp3) is 0.222. The van der Waals surface area contributed by atoms with E-state index in [0.29, 0.717) is 11.1 Å². The van der Waals surface area contributed by atoms with Crippen LogP contribution in [0.3, 0.4) is 0 Å². The van der Waals surface area contributed by atoms with Crippen LogP contribution in [0.2, 0.25) is 0 Å². The largest absolute Gasteiger partial charge is 0.276 e. The molecule has 5 heteroatoms. The van der Waals surface area contributed by atoms with E-state index in [0.717, 1.165) is 5.56 Å². The predicted octanol–water partition coefficient (Wildman–Crippen LogP) is 4.20. The summed E-state index contributed by atoms with van der Waals surface area (Å²) in [5, 5.41) is -0.566. The van der Waals surface area contributed by atoms with Gasteiger partial charge in [-0.2, -0.15) is 0 Å². The van der Waals surface area contributed by atoms with Crippen LogP contribution in [-0.2, 0) is 3.79 Å². The van der Waals surface area contributed by atoms with Crippen LogP contribution in [0.25, 0.3) is 0 Å². The summed E-state index contributed by atoms with van der Waals surface area (Å²) in [7, 11) is 0. The van der Waals surface area contributed by atoms with Crippen LogP contribution in [-0.4, -0.2) is 5.24 Å². The topological polar surface area (TPSA) is 17.1 Å². The van der Waals surface area contributed by atoms with E-state index in [1.807, 2.05) is 0 Å². The van der Waals surface area contributed by atoms with Gasteiger partial charge in [0.15, 0.2) is 0 Å². The summed E-state index contributed by atoms with van der Waals surface area (Å²) < 4.78 is -1.53. The highest BCUT2D eigenvalue weighted by atomic mass is 35.6. The molecule has 0 aliphatic heterocycles. The van der Waals surface area contributed by atoms with Crippen LogP contribution in [0.15, 0.2) is 18.2 Å². The van der Waals surface area contributed by atoms with Crippen LogP contribution in [0.4, 0.5) is 0 Å². The maximum absolute atomic E-state index is 10.9. The fourth-order valence-electron chi connectivity index (χ4n) is 1.06. The van der Waals surface area contributed by atoms with Crippen molar-refractivity contribution in [3.63, 3.8) is 0 Å². The molecule has 0 atom stereocenters. The fourth-order valence-corrected chi connectivity index (χ4v) is 1.50. The molecule has 1 rings (SSSR count). The van der Waals surface area contributed by atoms with Crippen molar-refractivity contribution < 1.29 is 4.79 Å². The first-order chi connectivity index (χ1) is 6.30. The van der Waals surface area contributed by atoms with Gasteiger partial charge in [0.25, 0.3) is 5.24 Å². The van der Waals surface area contributed by atoms with Gasteiger partial charge in [0.2, 0.25) is 3.79 Å². The van der Waals surface area contributed by atoms with Gasteiger partial charge in [-0.1, -0.05) is 40.9 Å². The van der Waals surface area contributed by atoms with Gasteiger partial charge in [-0.05, 0) is 36.2 Å². The number of aryl methyl sites for hydroxylation is 1. The minimum atomic E-state index is -1.53. The number of hydrogen-bond donors (Lipinski definition) is 0. The molecular formula is C9H6Cl4O. The Labute approximate surface area is 102 Å². The van der Waals surface area contributed by atoms with Gasteiger partial charge >= 0.3 is 0 Å². The summed E-state index contributed by atoms with van der Waals surface area (Å²) in [6, 6.07) is 4.79. The van der Waals surface area contributed by atoms with E-state index in [1.165, 1.54) is 6.07 Å². The molecular weight excluding hydrogens is 266 g/mol. The summed E-state index contributed by atoms with van der Waals surface area (Å²) in [4.78, 5) is 10.9. The van der Waals surface area contributed by atoms with Crippen molar-refractivity contribution in [2.24, 2.45) is 0 Å². The lowest BCUT2D eigenvalue weighted by molar-refractivity contribution is 0.108. The van der Waals surface area contributed by atoms with E-state index in [-0.39, 0.29) is 0 Å². The second-order valence-corrected chi connectivity index (χ2v) is 5.48. The Bertz CT molecular complexity index is 368. The Hall–Kier alpha value is 0.0500. The number of carbonyl (C=O) groups is 1. The SMILES string of the molecule is Cc1cc(C(=O)Cl)cc(C(Cl)(Cl)Cl)c1. The Morgan fingerprint density at radius 1 is 1.21 bits per heavy atom. The van der Waals surface area contributed by atoms with Crippen LogP contribution in [0, 0.1) is 6.92 Å². The third-order valence-electron chi connectivity index (χ3n) is 1.63. The zero-order chi connectivity index (χ0) is 10.9. The smallest absolute Gasteiger partial charge is 0.252 e. The monoisotopic (exact) mass is 270 g/mol. The van der Waals surface area contributed by atoms with Crippen molar-refractivity contribution in [3.05, 3.63) is 34.9 Å². The lowest BCUT2D eigenvalue weighted by Crippen LogP contribution is -2.03. The Morgan fingerprint density at radius 2 is 1.79 bits per heavy atom. The van der Waals surface area contributed by atoms with Gasteiger partial charge in [-0.25, -0.2) is 0 Å². The summed E-state index contributed by atoms with van der Waals surface area (Å²) in [6.45, 7) is 1.79. The molecule has 0 amide bonds. The number of alkyl halides is 3. The van der Waals surface area contributed by atoms with E-state index in [1.54, 1.807) is 19.1 Å². The zero-order valence-corrected chi connectivity index (χ0v) is 10.2. The molecule has 0 unspecified atom stereocenters. The zero-order valence-electron chi connectivity index (χ0n) is 7.15. The highest BCUT2D eigenvalue weighted by Gasteiger charge is 2.23. The van der Waals surface area contributed by atoms with E-state index >= 15 is 0 Å². The average Bonchev–Trinajstić information content (AvgIpc) is 2.01. The summed E-state index contributed by atoms with van der Waals surface area (Å²) in [5.74, 6) is 0. The molecule has 1 aromatic rings. The molecule has 0 aliphatic carbocycles. The van der Waals surface area contributed by atoms with E-state index in [9.17, 15) is 4.79 Å². The van der Waals surface area contributed by atoms with Gasteiger partial charge in [-0.3, -0.25) is 4.79 Å². The molecule has 76 valence electrons. The molecule has 0 aliphatic rings. The maximum atomic E-state index is 10.9. The average molecular weight is 272 g/mol. The first-order valence-electron chi connectivity index (χ1n) is 3.69. The highest BCUT2D eigenvalue weighted by molar-refractivity contribution is 6.68. The van der Waals surface area contributed by atoms with Gasteiger partial charge in [-0.15, -0.1) is 0 Å². The summed E-state index contributed by atoms with van der Waals surface area (Å²) >= 11 is 22.4. The minimum absolute atomic E-state index is 0.327. The number of hydrogen-bond acceptors (Lipinski definition) is 1. The lowest BCUT2D eigenvalue weighted by Gasteiger charge is -2.12. The van der Waals surface area contributed by atoms with Gasteiger partial charge < -0.3 is 0 Å². The molecule has 0 spiro atoms. The summed E-state index contributed by atoms with van der Waals surface area (Å²) in [6.07, 6.45) is 0. The van der Waals surface area contributed by atoms with Crippen LogP contribution in [0.1, 0.15) is 21.5 Å². The normalized spacial score (nSPS) is 11.5. The van der Waals surface area contributed by atoms with Crippen molar-refractivity contribution in [3.8, 4) is 0 Å². The van der Waals surface area contributed by atoms with Crippen LogP contribution >= 0.6 is 46.4 Å². The van der Waals surface area contributed by atoms with Crippen molar-refractivity contribution in [1.29, 1.82) is 0 Å². The molecule has 0 N–H and O–H groups in total. The highest BCUT2D eigenvalue weighted by Crippen LogP contribution is 2.38. The number of carbonyl (C=O) groups excluding carboxylic acids is 1.